The molecule has 18 heavy (non-hydrogen) atoms. The number of aliphatic hydroxyl groups is 1. The fourth-order valence-electron chi connectivity index (χ4n) is 1.65. The van der Waals surface area contributed by atoms with Crippen molar-refractivity contribution in [2.75, 3.05) is 0 Å². The molecule has 6 heteroatoms. The third-order valence-electron chi connectivity index (χ3n) is 2.73. The van der Waals surface area contributed by atoms with Gasteiger partial charge in [0.05, 0.1) is 5.56 Å². The molecule has 0 saturated carbocycles. The van der Waals surface area contributed by atoms with Crippen LogP contribution in [0.3, 0.4) is 0 Å². The van der Waals surface area contributed by atoms with Crippen molar-refractivity contribution < 1.29 is 18.3 Å². The number of halogens is 3. The molecule has 0 radical (unpaired) electrons. The zero-order chi connectivity index (χ0) is 13.4. The molecule has 0 amide bonds. The molecule has 1 unspecified atom stereocenters. The molecule has 0 aliphatic heterocycles. The minimum Gasteiger partial charge on any atom is -0.377 e. The summed E-state index contributed by atoms with van der Waals surface area (Å²) in [6.45, 7) is 1.47. The average molecular weight is 256 g/mol. The molecule has 1 atom stereocenters. The van der Waals surface area contributed by atoms with Crippen molar-refractivity contribution in [2.45, 2.75) is 18.7 Å². The number of H-pyrrole nitrogens is 1. The van der Waals surface area contributed by atoms with E-state index in [4.69, 9.17) is 0 Å². The summed E-state index contributed by atoms with van der Waals surface area (Å²) < 4.78 is 37.2. The quantitative estimate of drug-likeness (QED) is 0.867. The molecule has 1 aromatic heterocycles. The predicted octanol–water partition coefficient (Wildman–Crippen LogP) is 2.68. The number of aromatic nitrogens is 2. The number of alkyl halides is 3. The monoisotopic (exact) mass is 256 g/mol. The Morgan fingerprint density at radius 3 is 2.11 bits per heavy atom. The van der Waals surface area contributed by atoms with Crippen LogP contribution in [-0.2, 0) is 11.8 Å². The van der Waals surface area contributed by atoms with Gasteiger partial charge < -0.3 is 10.1 Å². The van der Waals surface area contributed by atoms with Gasteiger partial charge in [-0.1, -0.05) is 12.1 Å². The lowest BCUT2D eigenvalue weighted by atomic mass is 9.94. The van der Waals surface area contributed by atoms with Gasteiger partial charge >= 0.3 is 6.18 Å². The summed E-state index contributed by atoms with van der Waals surface area (Å²) in [6, 6.07) is 4.36. The molecule has 2 N–H and O–H groups in total. The number of benzene rings is 1. The fourth-order valence-corrected chi connectivity index (χ4v) is 1.65. The van der Waals surface area contributed by atoms with Gasteiger partial charge in [0.1, 0.15) is 11.4 Å². The minimum absolute atomic E-state index is 0.280. The van der Waals surface area contributed by atoms with Gasteiger partial charge in [-0.05, 0) is 24.6 Å². The van der Waals surface area contributed by atoms with E-state index in [9.17, 15) is 18.3 Å². The molecule has 2 rings (SSSR count). The molecule has 0 spiro atoms. The number of imidazole rings is 1. The molecule has 0 bridgehead atoms. The maximum absolute atomic E-state index is 12.4. The highest BCUT2D eigenvalue weighted by Gasteiger charge is 2.32. The second-order valence-corrected chi connectivity index (χ2v) is 4.09. The normalized spacial score (nSPS) is 15.4. The van der Waals surface area contributed by atoms with E-state index in [0.29, 0.717) is 5.56 Å². The fraction of sp³-hybridized carbons (Fsp3) is 0.250. The molecular formula is C12H11F3N2O. The Bertz CT molecular complexity index is 515. The summed E-state index contributed by atoms with van der Waals surface area (Å²) in [6.07, 6.45) is -1.38. The first kappa shape index (κ1) is 12.6. The van der Waals surface area contributed by atoms with E-state index in [-0.39, 0.29) is 5.82 Å². The van der Waals surface area contributed by atoms with Crippen molar-refractivity contribution in [1.82, 2.24) is 9.97 Å². The largest absolute Gasteiger partial charge is 0.416 e. The van der Waals surface area contributed by atoms with Crippen LogP contribution in [0.5, 0.6) is 0 Å². The number of nitrogens with zero attached hydrogens (tertiary/aromatic N) is 1. The molecule has 2 aromatic rings. The molecule has 96 valence electrons. The van der Waals surface area contributed by atoms with E-state index >= 15 is 0 Å². The zero-order valence-corrected chi connectivity index (χ0v) is 9.49. The standard InChI is InChI=1S/C12H11F3N2O/c1-11(18,10-16-6-7-17-10)8-2-4-9(5-3-8)12(13,14)15/h2-7,18H,1H3,(H,16,17). The van der Waals surface area contributed by atoms with Crippen molar-refractivity contribution in [2.24, 2.45) is 0 Å². The van der Waals surface area contributed by atoms with Gasteiger partial charge in [-0.15, -0.1) is 0 Å². The summed E-state index contributed by atoms with van der Waals surface area (Å²) in [7, 11) is 0. The van der Waals surface area contributed by atoms with Crippen LogP contribution in [0.15, 0.2) is 36.7 Å². The SMILES string of the molecule is CC(O)(c1ccc(C(F)(F)F)cc1)c1ncc[nH]1. The summed E-state index contributed by atoms with van der Waals surface area (Å²) >= 11 is 0. The second-order valence-electron chi connectivity index (χ2n) is 4.09. The van der Waals surface area contributed by atoms with Crippen LogP contribution in [0.25, 0.3) is 0 Å². The second kappa shape index (κ2) is 4.13. The van der Waals surface area contributed by atoms with Crippen LogP contribution in [0.4, 0.5) is 13.2 Å². The van der Waals surface area contributed by atoms with Crippen LogP contribution in [0, 0.1) is 0 Å². The topological polar surface area (TPSA) is 48.9 Å². The Kier molecular flexibility index (Phi) is 2.90. The average Bonchev–Trinajstić information content (AvgIpc) is 2.82. The lowest BCUT2D eigenvalue weighted by Crippen LogP contribution is -2.24. The molecular weight excluding hydrogens is 245 g/mol. The zero-order valence-electron chi connectivity index (χ0n) is 9.49. The highest BCUT2D eigenvalue weighted by atomic mass is 19.4. The lowest BCUT2D eigenvalue weighted by Gasteiger charge is -2.21. The summed E-state index contributed by atoms with van der Waals surface area (Å²) in [5, 5.41) is 10.3. The lowest BCUT2D eigenvalue weighted by molar-refractivity contribution is -0.137. The molecule has 0 aliphatic rings. The first-order chi connectivity index (χ1) is 8.32. The van der Waals surface area contributed by atoms with Crippen molar-refractivity contribution in [3.63, 3.8) is 0 Å². The van der Waals surface area contributed by atoms with Gasteiger partial charge in [0.25, 0.3) is 0 Å². The first-order valence-electron chi connectivity index (χ1n) is 5.22. The number of rotatable bonds is 2. The van der Waals surface area contributed by atoms with Crippen LogP contribution in [0.2, 0.25) is 0 Å². The Morgan fingerprint density at radius 1 is 1.11 bits per heavy atom. The smallest absolute Gasteiger partial charge is 0.377 e. The van der Waals surface area contributed by atoms with Gasteiger partial charge in [0, 0.05) is 12.4 Å². The Labute approximate surface area is 101 Å². The highest BCUT2D eigenvalue weighted by molar-refractivity contribution is 5.32. The molecule has 0 aliphatic carbocycles. The van der Waals surface area contributed by atoms with E-state index in [1.807, 2.05) is 0 Å². The van der Waals surface area contributed by atoms with Crippen LogP contribution < -0.4 is 0 Å². The van der Waals surface area contributed by atoms with Crippen molar-refractivity contribution in [3.05, 3.63) is 53.6 Å². The molecule has 1 aromatic carbocycles. The van der Waals surface area contributed by atoms with E-state index in [0.717, 1.165) is 12.1 Å². The number of hydrogen-bond donors (Lipinski definition) is 2. The Balaban J connectivity index is 2.36. The maximum Gasteiger partial charge on any atom is 0.416 e. The van der Waals surface area contributed by atoms with Gasteiger partial charge in [0.2, 0.25) is 0 Å². The molecule has 0 fully saturated rings. The van der Waals surface area contributed by atoms with E-state index < -0.39 is 17.3 Å². The Morgan fingerprint density at radius 2 is 1.67 bits per heavy atom. The summed E-state index contributed by atoms with van der Waals surface area (Å²) in [4.78, 5) is 6.65. The molecule has 1 heterocycles. The maximum atomic E-state index is 12.4. The van der Waals surface area contributed by atoms with Gasteiger partial charge in [-0.3, -0.25) is 0 Å². The molecule has 3 nitrogen and oxygen atoms in total. The first-order valence-corrected chi connectivity index (χ1v) is 5.22. The summed E-state index contributed by atoms with van der Waals surface area (Å²) in [5.41, 5.74) is -1.86. The van der Waals surface area contributed by atoms with Crippen LogP contribution in [-0.4, -0.2) is 15.1 Å². The van der Waals surface area contributed by atoms with Crippen molar-refractivity contribution in [1.29, 1.82) is 0 Å². The highest BCUT2D eigenvalue weighted by Crippen LogP contribution is 2.32. The Hall–Kier alpha value is -1.82. The number of hydrogen-bond acceptors (Lipinski definition) is 2. The minimum atomic E-state index is -4.38. The van der Waals surface area contributed by atoms with Gasteiger partial charge in [-0.2, -0.15) is 13.2 Å². The summed E-state index contributed by atoms with van der Waals surface area (Å²) in [5.74, 6) is 0.280. The van der Waals surface area contributed by atoms with E-state index in [1.165, 1.54) is 31.5 Å². The third kappa shape index (κ3) is 2.24. The van der Waals surface area contributed by atoms with Gasteiger partial charge in [0.15, 0.2) is 0 Å². The van der Waals surface area contributed by atoms with E-state index in [2.05, 4.69) is 9.97 Å². The third-order valence-corrected chi connectivity index (χ3v) is 2.73. The van der Waals surface area contributed by atoms with E-state index in [1.54, 1.807) is 0 Å². The van der Waals surface area contributed by atoms with Crippen molar-refractivity contribution in [3.8, 4) is 0 Å². The van der Waals surface area contributed by atoms with Crippen molar-refractivity contribution >= 4 is 0 Å². The predicted molar refractivity (Wildman–Crippen MR) is 58.7 cm³/mol. The molecule has 0 saturated heterocycles. The van der Waals surface area contributed by atoms with Crippen LogP contribution in [0.1, 0.15) is 23.9 Å². The van der Waals surface area contributed by atoms with Gasteiger partial charge in [-0.25, -0.2) is 4.98 Å². The number of aromatic amines is 1. The van der Waals surface area contributed by atoms with Crippen LogP contribution >= 0.6 is 0 Å². The number of nitrogens with one attached hydrogen (secondary N) is 1.